The first-order chi connectivity index (χ1) is 13.4. The van der Waals surface area contributed by atoms with Gasteiger partial charge in [0.2, 0.25) is 5.91 Å². The van der Waals surface area contributed by atoms with Crippen molar-refractivity contribution < 1.29 is 23.9 Å². The molecule has 0 radical (unpaired) electrons. The number of amides is 2. The van der Waals surface area contributed by atoms with E-state index >= 15 is 0 Å². The summed E-state index contributed by atoms with van der Waals surface area (Å²) in [6.45, 7) is 2.03. The number of carbonyl (C=O) groups is 3. The second-order valence-corrected chi connectivity index (χ2v) is 6.86. The number of rotatable bonds is 7. The fourth-order valence-electron chi connectivity index (χ4n) is 3.16. The number of likely N-dealkylation sites (tertiary alicyclic amines) is 1. The first-order valence-corrected chi connectivity index (χ1v) is 9.16. The maximum Gasteiger partial charge on any atom is 0.410 e. The lowest BCUT2D eigenvalue weighted by molar-refractivity contribution is -0.151. The van der Waals surface area contributed by atoms with Gasteiger partial charge in [-0.05, 0) is 31.7 Å². The van der Waals surface area contributed by atoms with Crippen molar-refractivity contribution in [1.82, 2.24) is 10.2 Å². The van der Waals surface area contributed by atoms with Gasteiger partial charge in [-0.2, -0.15) is 5.26 Å². The van der Waals surface area contributed by atoms with Crippen molar-refractivity contribution in [2.24, 2.45) is 0 Å². The van der Waals surface area contributed by atoms with E-state index in [1.165, 1.54) is 18.9 Å². The minimum Gasteiger partial charge on any atom is -0.467 e. The van der Waals surface area contributed by atoms with Crippen molar-refractivity contribution in [3.05, 3.63) is 35.9 Å². The van der Waals surface area contributed by atoms with Gasteiger partial charge in [-0.25, -0.2) is 9.59 Å². The van der Waals surface area contributed by atoms with Gasteiger partial charge in [-0.1, -0.05) is 30.3 Å². The van der Waals surface area contributed by atoms with Crippen LogP contribution in [0.25, 0.3) is 0 Å². The maximum atomic E-state index is 12.8. The molecule has 0 aliphatic carbocycles. The third-order valence-electron chi connectivity index (χ3n) is 4.77. The van der Waals surface area contributed by atoms with Crippen LogP contribution in [-0.4, -0.2) is 48.1 Å². The van der Waals surface area contributed by atoms with Gasteiger partial charge in [0, 0.05) is 13.0 Å². The Morgan fingerprint density at radius 2 is 2.04 bits per heavy atom. The molecule has 2 atom stereocenters. The Bertz CT molecular complexity index is 746. The van der Waals surface area contributed by atoms with Crippen LogP contribution in [0, 0.1) is 11.3 Å². The van der Waals surface area contributed by atoms with Crippen LogP contribution in [0.1, 0.15) is 38.2 Å². The van der Waals surface area contributed by atoms with Crippen LogP contribution in [0.15, 0.2) is 30.3 Å². The number of nitrogens with zero attached hydrogens (tertiary/aromatic N) is 2. The molecule has 0 bridgehead atoms. The minimum atomic E-state index is -1.33. The van der Waals surface area contributed by atoms with Gasteiger partial charge in [-0.15, -0.1) is 0 Å². The third kappa shape index (κ3) is 5.22. The van der Waals surface area contributed by atoms with Gasteiger partial charge in [0.25, 0.3) is 0 Å². The smallest absolute Gasteiger partial charge is 0.410 e. The molecule has 0 unspecified atom stereocenters. The fraction of sp³-hybridized carbons (Fsp3) is 0.500. The maximum absolute atomic E-state index is 12.8. The molecule has 2 rings (SSSR count). The molecule has 1 aromatic carbocycles. The van der Waals surface area contributed by atoms with Crippen molar-refractivity contribution in [3.63, 3.8) is 0 Å². The Morgan fingerprint density at radius 1 is 1.32 bits per heavy atom. The molecule has 1 N–H and O–H groups in total. The highest BCUT2D eigenvalue weighted by atomic mass is 16.6. The number of benzene rings is 1. The van der Waals surface area contributed by atoms with Crippen molar-refractivity contribution in [2.75, 3.05) is 13.7 Å². The topological polar surface area (TPSA) is 109 Å². The monoisotopic (exact) mass is 387 g/mol. The molecule has 150 valence electrons. The zero-order valence-electron chi connectivity index (χ0n) is 16.1. The van der Waals surface area contributed by atoms with E-state index in [-0.39, 0.29) is 19.4 Å². The summed E-state index contributed by atoms with van der Waals surface area (Å²) in [4.78, 5) is 38.7. The number of nitriles is 1. The zero-order valence-corrected chi connectivity index (χ0v) is 16.1. The molecular formula is C20H25N3O5. The van der Waals surface area contributed by atoms with E-state index in [0.717, 1.165) is 5.56 Å². The second kappa shape index (κ2) is 9.74. The first-order valence-electron chi connectivity index (χ1n) is 9.16. The molecule has 8 heteroatoms. The van der Waals surface area contributed by atoms with Crippen LogP contribution in [-0.2, 0) is 25.7 Å². The molecule has 1 aromatic rings. The number of methoxy groups -OCH3 is 1. The van der Waals surface area contributed by atoms with E-state index in [9.17, 15) is 14.4 Å². The van der Waals surface area contributed by atoms with Gasteiger partial charge >= 0.3 is 12.1 Å². The molecule has 2 amide bonds. The zero-order chi connectivity index (χ0) is 20.6. The van der Waals surface area contributed by atoms with E-state index in [1.807, 2.05) is 36.4 Å². The van der Waals surface area contributed by atoms with Gasteiger partial charge in [0.1, 0.15) is 18.2 Å². The Balaban J connectivity index is 2.01. The van der Waals surface area contributed by atoms with E-state index in [1.54, 1.807) is 0 Å². The summed E-state index contributed by atoms with van der Waals surface area (Å²) in [7, 11) is 1.22. The lowest BCUT2D eigenvalue weighted by atomic mass is 9.95. The van der Waals surface area contributed by atoms with Crippen LogP contribution in [0.5, 0.6) is 0 Å². The van der Waals surface area contributed by atoms with Crippen LogP contribution in [0.3, 0.4) is 0 Å². The molecule has 8 nitrogen and oxygen atoms in total. The summed E-state index contributed by atoms with van der Waals surface area (Å²) < 4.78 is 10.1. The highest BCUT2D eigenvalue weighted by molar-refractivity contribution is 5.92. The standard InChI is InChI=1S/C20H25N3O5/c1-20(11-7-12-21,18(25)27-2)22-17(24)16-10-6-13-23(16)19(26)28-14-15-8-4-3-5-9-15/h3-5,8-9,16H,6-7,10-11,13-14H2,1-2H3,(H,22,24)/t16-,20+/m0/s1. The number of hydrogen-bond acceptors (Lipinski definition) is 6. The van der Waals surface area contributed by atoms with E-state index < -0.39 is 29.6 Å². The quantitative estimate of drug-likeness (QED) is 0.718. The Hall–Kier alpha value is -3.08. The molecule has 0 spiro atoms. The molecule has 1 heterocycles. The summed E-state index contributed by atoms with van der Waals surface area (Å²) in [6.07, 6.45) is 0.762. The predicted molar refractivity (Wildman–Crippen MR) is 99.8 cm³/mol. The highest BCUT2D eigenvalue weighted by Crippen LogP contribution is 2.22. The largest absolute Gasteiger partial charge is 0.467 e. The van der Waals surface area contributed by atoms with E-state index in [4.69, 9.17) is 14.7 Å². The summed E-state index contributed by atoms with van der Waals surface area (Å²) >= 11 is 0. The molecule has 0 saturated carbocycles. The average molecular weight is 387 g/mol. The molecule has 1 saturated heterocycles. The third-order valence-corrected chi connectivity index (χ3v) is 4.77. The van der Waals surface area contributed by atoms with E-state index in [0.29, 0.717) is 19.4 Å². The van der Waals surface area contributed by atoms with Crippen LogP contribution in [0.4, 0.5) is 4.79 Å². The molecular weight excluding hydrogens is 362 g/mol. The van der Waals surface area contributed by atoms with Crippen molar-refractivity contribution >= 4 is 18.0 Å². The number of esters is 1. The predicted octanol–water partition coefficient (Wildman–Crippen LogP) is 2.14. The fourth-order valence-corrected chi connectivity index (χ4v) is 3.16. The van der Waals surface area contributed by atoms with Crippen LogP contribution in [0.2, 0.25) is 0 Å². The summed E-state index contributed by atoms with van der Waals surface area (Å²) in [5, 5.41) is 11.5. The normalized spacial score (nSPS) is 17.9. The SMILES string of the molecule is COC(=O)[C@@](C)(CCC#N)NC(=O)[C@@H]1CCCN1C(=O)OCc1ccccc1. The summed E-state index contributed by atoms with van der Waals surface area (Å²) in [5.74, 6) is -1.09. The lowest BCUT2D eigenvalue weighted by Gasteiger charge is -2.30. The number of hydrogen-bond donors (Lipinski definition) is 1. The molecule has 0 aromatic heterocycles. The molecule has 1 aliphatic rings. The second-order valence-electron chi connectivity index (χ2n) is 6.86. The van der Waals surface area contributed by atoms with Gasteiger partial charge in [0.05, 0.1) is 13.2 Å². The van der Waals surface area contributed by atoms with Crippen molar-refractivity contribution in [3.8, 4) is 6.07 Å². The van der Waals surface area contributed by atoms with Gasteiger partial charge in [0.15, 0.2) is 0 Å². The van der Waals surface area contributed by atoms with Gasteiger partial charge in [-0.3, -0.25) is 9.69 Å². The number of ether oxygens (including phenoxy) is 2. The molecule has 1 aliphatic heterocycles. The summed E-state index contributed by atoms with van der Waals surface area (Å²) in [6, 6.07) is 10.5. The average Bonchev–Trinajstić information content (AvgIpc) is 3.20. The molecule has 28 heavy (non-hydrogen) atoms. The van der Waals surface area contributed by atoms with Crippen molar-refractivity contribution in [1.29, 1.82) is 5.26 Å². The van der Waals surface area contributed by atoms with E-state index in [2.05, 4.69) is 5.32 Å². The van der Waals surface area contributed by atoms with Crippen LogP contribution < -0.4 is 5.32 Å². The van der Waals surface area contributed by atoms with Gasteiger partial charge < -0.3 is 14.8 Å². The summed E-state index contributed by atoms with van der Waals surface area (Å²) in [5.41, 5.74) is -0.477. The van der Waals surface area contributed by atoms with Crippen LogP contribution >= 0.6 is 0 Å². The Labute approximate surface area is 164 Å². The Morgan fingerprint density at radius 3 is 2.68 bits per heavy atom. The first kappa shape index (κ1) is 21.2. The van der Waals surface area contributed by atoms with Crippen molar-refractivity contribution in [2.45, 2.75) is 50.8 Å². The molecule has 1 fully saturated rings. The number of nitrogens with one attached hydrogen (secondary N) is 1. The Kier molecular flexibility index (Phi) is 7.38. The number of carbonyl (C=O) groups excluding carboxylic acids is 3. The highest BCUT2D eigenvalue weighted by Gasteiger charge is 2.41. The lowest BCUT2D eigenvalue weighted by Crippen LogP contribution is -2.57. The minimum absolute atomic E-state index is 0.0827.